The van der Waals surface area contributed by atoms with E-state index in [0.29, 0.717) is 13.0 Å². The van der Waals surface area contributed by atoms with Crippen LogP contribution in [-0.2, 0) is 22.0 Å². The van der Waals surface area contributed by atoms with Crippen LogP contribution in [0.2, 0.25) is 0 Å². The Morgan fingerprint density at radius 1 is 1.03 bits per heavy atom. The van der Waals surface area contributed by atoms with E-state index in [2.05, 4.69) is 89.4 Å². The Kier molecular flexibility index (Phi) is 6.88. The molecule has 6 heteroatoms. The maximum absolute atomic E-state index is 12.7. The molecule has 0 saturated heterocycles. The van der Waals surface area contributed by atoms with Crippen LogP contribution in [0.1, 0.15) is 61.8 Å². The molecule has 1 saturated carbocycles. The van der Waals surface area contributed by atoms with Gasteiger partial charge in [0.25, 0.3) is 0 Å². The third kappa shape index (κ3) is 4.72. The molecule has 2 aromatic carbocycles. The fourth-order valence-electron chi connectivity index (χ4n) is 6.11. The topological polar surface area (TPSA) is 65.2 Å². The lowest BCUT2D eigenvalue weighted by Gasteiger charge is -2.43. The molecule has 186 valence electrons. The number of benzene rings is 2. The Morgan fingerprint density at radius 2 is 1.74 bits per heavy atom. The van der Waals surface area contributed by atoms with E-state index in [1.165, 1.54) is 27.8 Å². The quantitative estimate of drug-likeness (QED) is 0.431. The number of rotatable bonds is 8. The summed E-state index contributed by atoms with van der Waals surface area (Å²) >= 11 is 0. The van der Waals surface area contributed by atoms with Gasteiger partial charge in [0.1, 0.15) is 0 Å². The second-order valence-electron chi connectivity index (χ2n) is 10.3. The maximum Gasteiger partial charge on any atom is 0.214 e. The Bertz CT molecular complexity index is 1300. The number of allylic oxidation sites excluding steroid dienone is 1. The lowest BCUT2D eigenvalue weighted by molar-refractivity contribution is 0.138. The summed E-state index contributed by atoms with van der Waals surface area (Å²) in [5.74, 6) is 0. The molecule has 5 nitrogen and oxygen atoms in total. The molecule has 1 aromatic heterocycles. The van der Waals surface area contributed by atoms with E-state index in [9.17, 15) is 8.42 Å². The number of hydrogen-bond donors (Lipinski definition) is 2. The maximum atomic E-state index is 12.7. The van der Waals surface area contributed by atoms with Crippen molar-refractivity contribution in [1.82, 2.24) is 14.6 Å². The summed E-state index contributed by atoms with van der Waals surface area (Å²) in [6.07, 6.45) is 9.65. The molecule has 35 heavy (non-hydrogen) atoms. The number of para-hydroxylation sites is 1. The summed E-state index contributed by atoms with van der Waals surface area (Å²) < 4.78 is 28.4. The average molecular weight is 492 g/mol. The van der Waals surface area contributed by atoms with Crippen LogP contribution in [0.25, 0.3) is 16.5 Å². The summed E-state index contributed by atoms with van der Waals surface area (Å²) in [6.45, 7) is 0.437. The van der Waals surface area contributed by atoms with Crippen LogP contribution in [-0.4, -0.2) is 44.2 Å². The van der Waals surface area contributed by atoms with Gasteiger partial charge >= 0.3 is 0 Å². The zero-order valence-corrected chi connectivity index (χ0v) is 21.7. The number of hydrogen-bond acceptors (Lipinski definition) is 3. The number of aromatic nitrogens is 1. The smallest absolute Gasteiger partial charge is 0.214 e. The molecule has 0 radical (unpaired) electrons. The Labute approximate surface area is 209 Å². The first-order valence-electron chi connectivity index (χ1n) is 12.9. The lowest BCUT2D eigenvalue weighted by Crippen LogP contribution is -2.42. The van der Waals surface area contributed by atoms with Crippen molar-refractivity contribution in [2.75, 3.05) is 20.6 Å². The molecule has 0 bridgehead atoms. The molecule has 1 atom stereocenters. The molecule has 5 rings (SSSR count). The number of sulfonamides is 1. The number of H-pyrrole nitrogens is 1. The van der Waals surface area contributed by atoms with Crippen molar-refractivity contribution in [1.29, 1.82) is 0 Å². The molecule has 0 spiro atoms. The first-order valence-corrected chi connectivity index (χ1v) is 14.5. The van der Waals surface area contributed by atoms with Gasteiger partial charge in [-0.2, -0.15) is 0 Å². The van der Waals surface area contributed by atoms with E-state index < -0.39 is 10.0 Å². The van der Waals surface area contributed by atoms with Gasteiger partial charge in [-0.1, -0.05) is 67.4 Å². The summed E-state index contributed by atoms with van der Waals surface area (Å²) in [4.78, 5) is 6.03. The zero-order chi connectivity index (χ0) is 24.5. The highest BCUT2D eigenvalue weighted by Gasteiger charge is 2.36. The minimum absolute atomic E-state index is 0.00610. The van der Waals surface area contributed by atoms with Gasteiger partial charge in [0.05, 0.1) is 5.25 Å². The number of nitrogens with one attached hydrogen (secondary N) is 2. The van der Waals surface area contributed by atoms with Gasteiger partial charge in [-0.25, -0.2) is 13.1 Å². The van der Waals surface area contributed by atoms with E-state index >= 15 is 0 Å². The zero-order valence-electron chi connectivity index (χ0n) is 20.9. The van der Waals surface area contributed by atoms with E-state index in [-0.39, 0.29) is 10.8 Å². The molecular formula is C29H37N3O2S. The van der Waals surface area contributed by atoms with Crippen molar-refractivity contribution in [3.05, 3.63) is 77.5 Å². The minimum atomic E-state index is -3.24. The second kappa shape index (κ2) is 9.92. The number of fused-ring (bicyclic) bond motifs is 1. The van der Waals surface area contributed by atoms with Crippen LogP contribution < -0.4 is 4.72 Å². The van der Waals surface area contributed by atoms with Crippen LogP contribution in [0.15, 0.2) is 60.7 Å². The first-order chi connectivity index (χ1) is 16.9. The van der Waals surface area contributed by atoms with Gasteiger partial charge in [0, 0.05) is 28.7 Å². The van der Waals surface area contributed by atoms with E-state index in [0.717, 1.165) is 50.5 Å². The molecule has 2 aliphatic rings. The standard InChI is InChI=1S/C29H37N3O2S/c1-32(2)29(23-10-4-3-5-11-23)19-16-22(17-20-29)28-26(25-14-8-9-15-27(25)31-28)18-21-30-35(33,34)24-12-6-7-13-24/h3-5,8-11,14-16,24,30-31H,6-7,12-13,17-21H2,1-2H3. The van der Waals surface area contributed by atoms with Crippen molar-refractivity contribution in [3.63, 3.8) is 0 Å². The fourth-order valence-corrected chi connectivity index (χ4v) is 7.68. The molecule has 0 amide bonds. The van der Waals surface area contributed by atoms with Crippen LogP contribution in [0, 0.1) is 0 Å². The van der Waals surface area contributed by atoms with Gasteiger partial charge in [0.15, 0.2) is 0 Å². The molecule has 2 aliphatic carbocycles. The van der Waals surface area contributed by atoms with E-state index in [4.69, 9.17) is 0 Å². The number of aromatic amines is 1. The van der Waals surface area contributed by atoms with E-state index in [1.807, 2.05) is 0 Å². The summed E-state index contributed by atoms with van der Waals surface area (Å²) in [5.41, 5.74) is 6.20. The van der Waals surface area contributed by atoms with Crippen molar-refractivity contribution < 1.29 is 8.42 Å². The van der Waals surface area contributed by atoms with Crippen molar-refractivity contribution in [3.8, 4) is 0 Å². The van der Waals surface area contributed by atoms with Crippen molar-refractivity contribution in [2.45, 2.75) is 62.2 Å². The van der Waals surface area contributed by atoms with Crippen LogP contribution in [0.4, 0.5) is 0 Å². The van der Waals surface area contributed by atoms with Gasteiger partial charge in [-0.05, 0) is 75.4 Å². The SMILES string of the molecule is CN(C)C1(c2ccccc2)CC=C(c2[nH]c3ccccc3c2CCNS(=O)(=O)C2CCCC2)CC1. The Morgan fingerprint density at radius 3 is 2.43 bits per heavy atom. The first kappa shape index (κ1) is 24.3. The largest absolute Gasteiger partial charge is 0.355 e. The average Bonchev–Trinajstić information content (AvgIpc) is 3.54. The van der Waals surface area contributed by atoms with Crippen LogP contribution in [0.5, 0.6) is 0 Å². The minimum Gasteiger partial charge on any atom is -0.355 e. The molecule has 3 aromatic rings. The molecule has 1 fully saturated rings. The molecule has 2 N–H and O–H groups in total. The monoisotopic (exact) mass is 491 g/mol. The molecule has 0 aliphatic heterocycles. The fraction of sp³-hybridized carbons (Fsp3) is 0.448. The summed E-state index contributed by atoms with van der Waals surface area (Å²) in [6, 6.07) is 19.2. The highest BCUT2D eigenvalue weighted by Crippen LogP contribution is 2.43. The predicted molar refractivity (Wildman–Crippen MR) is 145 cm³/mol. The summed E-state index contributed by atoms with van der Waals surface area (Å²) in [5, 5.41) is 0.971. The summed E-state index contributed by atoms with van der Waals surface area (Å²) in [7, 11) is 1.11. The van der Waals surface area contributed by atoms with Crippen LogP contribution in [0.3, 0.4) is 0 Å². The van der Waals surface area contributed by atoms with E-state index in [1.54, 1.807) is 0 Å². The highest BCUT2D eigenvalue weighted by atomic mass is 32.2. The third-order valence-electron chi connectivity index (χ3n) is 8.22. The number of nitrogens with zero attached hydrogens (tertiary/aromatic N) is 1. The Balaban J connectivity index is 1.41. The molecule has 1 unspecified atom stereocenters. The van der Waals surface area contributed by atoms with Gasteiger partial charge < -0.3 is 4.98 Å². The van der Waals surface area contributed by atoms with Gasteiger partial charge in [-0.3, -0.25) is 4.90 Å². The van der Waals surface area contributed by atoms with Crippen molar-refractivity contribution in [2.24, 2.45) is 0 Å². The normalized spacial score (nSPS) is 21.6. The third-order valence-corrected chi connectivity index (χ3v) is 10.2. The van der Waals surface area contributed by atoms with Gasteiger partial charge in [-0.15, -0.1) is 0 Å². The van der Waals surface area contributed by atoms with Crippen molar-refractivity contribution >= 4 is 26.5 Å². The molecular weight excluding hydrogens is 454 g/mol. The predicted octanol–water partition coefficient (Wildman–Crippen LogP) is 5.60. The Hall–Kier alpha value is -2.41. The second-order valence-corrected chi connectivity index (χ2v) is 12.4. The lowest BCUT2D eigenvalue weighted by atomic mass is 9.75. The highest BCUT2D eigenvalue weighted by molar-refractivity contribution is 7.90. The van der Waals surface area contributed by atoms with Gasteiger partial charge in [0.2, 0.25) is 10.0 Å². The van der Waals surface area contributed by atoms with Crippen LogP contribution >= 0.6 is 0 Å². The molecule has 1 heterocycles.